The molecule has 0 heterocycles. The first-order valence-electron chi connectivity index (χ1n) is 5.57. The molecule has 0 saturated heterocycles. The quantitative estimate of drug-likeness (QED) is 0.783. The Kier molecular flexibility index (Phi) is 3.25. The summed E-state index contributed by atoms with van der Waals surface area (Å²) in [6.45, 7) is 0. The lowest BCUT2D eigenvalue weighted by atomic mass is 9.79. The fourth-order valence-electron chi connectivity index (χ4n) is 2.45. The van der Waals surface area contributed by atoms with Crippen molar-refractivity contribution in [3.05, 3.63) is 35.4 Å². The molecule has 0 bridgehead atoms. The van der Waals surface area contributed by atoms with E-state index in [4.69, 9.17) is 5.73 Å². The first-order valence-corrected chi connectivity index (χ1v) is 7.64. The van der Waals surface area contributed by atoms with Crippen molar-refractivity contribution >= 4 is 9.84 Å². The predicted molar refractivity (Wildman–Crippen MR) is 66.6 cm³/mol. The van der Waals surface area contributed by atoms with E-state index in [0.29, 0.717) is 6.42 Å². The fourth-order valence-corrected chi connectivity index (χ4v) is 3.48. The van der Waals surface area contributed by atoms with Gasteiger partial charge >= 0.3 is 0 Å². The normalized spacial score (nSPS) is 28.8. The third-order valence-electron chi connectivity index (χ3n) is 3.24. The molecule has 94 valence electrons. The Morgan fingerprint density at radius 2 is 2.06 bits per heavy atom. The van der Waals surface area contributed by atoms with Gasteiger partial charge in [0.1, 0.15) is 9.84 Å². The Hall–Kier alpha value is -0.910. The number of sulfone groups is 1. The van der Waals surface area contributed by atoms with Crippen LogP contribution in [0.25, 0.3) is 0 Å². The van der Waals surface area contributed by atoms with Crippen LogP contribution in [-0.4, -0.2) is 37.7 Å². The third-order valence-corrected chi connectivity index (χ3v) is 4.21. The van der Waals surface area contributed by atoms with E-state index < -0.39 is 27.9 Å². The summed E-state index contributed by atoms with van der Waals surface area (Å²) in [6, 6.07) is 7.19. The molecule has 0 amide bonds. The van der Waals surface area contributed by atoms with Crippen molar-refractivity contribution in [1.29, 1.82) is 0 Å². The standard InChI is InChI=1S/C12H17NO3S/c1-17(15,16)7-10-9-5-3-2-4-8(9)6-11(13)12(10)14/h2-5,10-12,14H,6-7,13H2,1H3. The van der Waals surface area contributed by atoms with Gasteiger partial charge in [-0.1, -0.05) is 24.3 Å². The van der Waals surface area contributed by atoms with Gasteiger partial charge in [-0.15, -0.1) is 0 Å². The molecule has 17 heavy (non-hydrogen) atoms. The number of aliphatic hydroxyl groups excluding tert-OH is 1. The molecular formula is C12H17NO3S. The summed E-state index contributed by atoms with van der Waals surface area (Å²) >= 11 is 0. The van der Waals surface area contributed by atoms with Crippen molar-refractivity contribution in [2.24, 2.45) is 5.73 Å². The minimum atomic E-state index is -3.14. The highest BCUT2D eigenvalue weighted by atomic mass is 32.2. The third kappa shape index (κ3) is 2.68. The minimum absolute atomic E-state index is 0.0567. The van der Waals surface area contributed by atoms with Gasteiger partial charge in [-0.3, -0.25) is 0 Å². The van der Waals surface area contributed by atoms with Gasteiger partial charge in [-0.25, -0.2) is 8.42 Å². The highest BCUT2D eigenvalue weighted by Gasteiger charge is 2.35. The van der Waals surface area contributed by atoms with Gasteiger partial charge in [0.2, 0.25) is 0 Å². The number of hydrogen-bond acceptors (Lipinski definition) is 4. The van der Waals surface area contributed by atoms with Crippen LogP contribution in [0.5, 0.6) is 0 Å². The number of benzene rings is 1. The Morgan fingerprint density at radius 3 is 2.71 bits per heavy atom. The average molecular weight is 255 g/mol. The van der Waals surface area contributed by atoms with Gasteiger partial charge in [0.15, 0.2) is 0 Å². The first kappa shape index (κ1) is 12.5. The van der Waals surface area contributed by atoms with Crippen LogP contribution < -0.4 is 5.73 Å². The Labute approximate surface area is 101 Å². The number of hydrogen-bond donors (Lipinski definition) is 2. The summed E-state index contributed by atoms with van der Waals surface area (Å²) in [5.74, 6) is -0.469. The van der Waals surface area contributed by atoms with E-state index >= 15 is 0 Å². The second-order valence-electron chi connectivity index (χ2n) is 4.76. The summed E-state index contributed by atoms with van der Waals surface area (Å²) in [6.07, 6.45) is 0.986. The van der Waals surface area contributed by atoms with E-state index in [-0.39, 0.29) is 5.75 Å². The van der Waals surface area contributed by atoms with E-state index in [1.807, 2.05) is 24.3 Å². The molecule has 0 saturated carbocycles. The maximum Gasteiger partial charge on any atom is 0.148 e. The zero-order valence-corrected chi connectivity index (χ0v) is 10.5. The average Bonchev–Trinajstić information content (AvgIpc) is 2.23. The molecular weight excluding hydrogens is 238 g/mol. The first-order chi connectivity index (χ1) is 7.88. The van der Waals surface area contributed by atoms with E-state index in [1.54, 1.807) is 0 Å². The topological polar surface area (TPSA) is 80.4 Å². The van der Waals surface area contributed by atoms with Gasteiger partial charge in [0.05, 0.1) is 11.9 Å². The molecule has 0 aromatic heterocycles. The maximum absolute atomic E-state index is 11.4. The monoisotopic (exact) mass is 255 g/mol. The molecule has 1 aliphatic carbocycles. The van der Waals surface area contributed by atoms with E-state index in [0.717, 1.165) is 11.1 Å². The molecule has 4 nitrogen and oxygen atoms in total. The van der Waals surface area contributed by atoms with Crippen LogP contribution >= 0.6 is 0 Å². The Bertz CT molecular complexity index is 512. The minimum Gasteiger partial charge on any atom is -0.391 e. The lowest BCUT2D eigenvalue weighted by Crippen LogP contribution is -2.46. The summed E-state index contributed by atoms with van der Waals surface area (Å²) in [5.41, 5.74) is 7.81. The highest BCUT2D eigenvalue weighted by molar-refractivity contribution is 7.90. The van der Waals surface area contributed by atoms with Crippen molar-refractivity contribution in [3.8, 4) is 0 Å². The lowest BCUT2D eigenvalue weighted by molar-refractivity contribution is 0.113. The fraction of sp³-hybridized carbons (Fsp3) is 0.500. The molecule has 0 aliphatic heterocycles. The van der Waals surface area contributed by atoms with Gasteiger partial charge in [0, 0.05) is 18.2 Å². The molecule has 3 N–H and O–H groups in total. The zero-order valence-electron chi connectivity index (χ0n) is 9.70. The van der Waals surface area contributed by atoms with Gasteiger partial charge in [-0.2, -0.15) is 0 Å². The molecule has 2 rings (SSSR count). The molecule has 1 aromatic carbocycles. The molecule has 1 aliphatic rings. The second kappa shape index (κ2) is 4.40. The van der Waals surface area contributed by atoms with Crippen molar-refractivity contribution in [1.82, 2.24) is 0 Å². The summed E-state index contributed by atoms with van der Waals surface area (Å²) < 4.78 is 22.8. The van der Waals surface area contributed by atoms with Gasteiger partial charge in [0.25, 0.3) is 0 Å². The molecule has 3 atom stereocenters. The van der Waals surface area contributed by atoms with Crippen LogP contribution in [0.2, 0.25) is 0 Å². The Balaban J connectivity index is 2.42. The summed E-state index contributed by atoms with van der Waals surface area (Å²) in [4.78, 5) is 0. The predicted octanol–water partition coefficient (Wildman–Crippen LogP) is 0.0591. The van der Waals surface area contributed by atoms with Crippen LogP contribution in [0.15, 0.2) is 24.3 Å². The van der Waals surface area contributed by atoms with E-state index in [1.165, 1.54) is 6.26 Å². The lowest BCUT2D eigenvalue weighted by Gasteiger charge is -2.34. The van der Waals surface area contributed by atoms with Crippen molar-refractivity contribution in [3.63, 3.8) is 0 Å². The number of aliphatic hydroxyl groups is 1. The maximum atomic E-state index is 11.4. The van der Waals surface area contributed by atoms with Crippen molar-refractivity contribution in [2.45, 2.75) is 24.5 Å². The molecule has 1 aromatic rings. The smallest absolute Gasteiger partial charge is 0.148 e. The molecule has 0 fully saturated rings. The SMILES string of the molecule is CS(=O)(=O)CC1c2ccccc2CC(N)C1O. The second-order valence-corrected chi connectivity index (χ2v) is 6.94. The number of rotatable bonds is 2. The van der Waals surface area contributed by atoms with Gasteiger partial charge in [-0.05, 0) is 17.5 Å². The van der Waals surface area contributed by atoms with Crippen molar-refractivity contribution in [2.75, 3.05) is 12.0 Å². The van der Waals surface area contributed by atoms with Crippen LogP contribution in [-0.2, 0) is 16.3 Å². The van der Waals surface area contributed by atoms with E-state index in [9.17, 15) is 13.5 Å². The van der Waals surface area contributed by atoms with Crippen LogP contribution in [0.4, 0.5) is 0 Å². The molecule has 0 radical (unpaired) electrons. The van der Waals surface area contributed by atoms with Crippen LogP contribution in [0.1, 0.15) is 17.0 Å². The zero-order chi connectivity index (χ0) is 12.6. The van der Waals surface area contributed by atoms with Crippen LogP contribution in [0, 0.1) is 0 Å². The number of nitrogens with two attached hydrogens (primary N) is 1. The van der Waals surface area contributed by atoms with E-state index in [2.05, 4.69) is 0 Å². The van der Waals surface area contributed by atoms with Crippen LogP contribution in [0.3, 0.4) is 0 Å². The largest absolute Gasteiger partial charge is 0.391 e. The molecule has 0 spiro atoms. The highest BCUT2D eigenvalue weighted by Crippen LogP contribution is 2.32. The molecule has 3 unspecified atom stereocenters. The number of fused-ring (bicyclic) bond motifs is 1. The Morgan fingerprint density at radius 1 is 1.41 bits per heavy atom. The van der Waals surface area contributed by atoms with Crippen molar-refractivity contribution < 1.29 is 13.5 Å². The molecule has 5 heteroatoms. The summed E-state index contributed by atoms with van der Waals surface area (Å²) in [7, 11) is -3.14. The van der Waals surface area contributed by atoms with Gasteiger partial charge < -0.3 is 10.8 Å². The summed E-state index contributed by atoms with van der Waals surface area (Å²) in [5, 5.41) is 10.1.